The Labute approximate surface area is 166 Å². The van der Waals surface area contributed by atoms with Gasteiger partial charge in [-0.25, -0.2) is 0 Å². The molecule has 2 heterocycles. The lowest BCUT2D eigenvalue weighted by Crippen LogP contribution is -2.47. The van der Waals surface area contributed by atoms with Crippen LogP contribution < -0.4 is 10.6 Å². The molecule has 7 heteroatoms. The van der Waals surface area contributed by atoms with E-state index < -0.39 is 0 Å². The van der Waals surface area contributed by atoms with Gasteiger partial charge in [-0.1, -0.05) is 13.8 Å². The van der Waals surface area contributed by atoms with Crippen LogP contribution in [-0.2, 0) is 4.74 Å². The summed E-state index contributed by atoms with van der Waals surface area (Å²) < 4.78 is 5.40. The lowest BCUT2D eigenvalue weighted by molar-refractivity contribution is 0.0376. The van der Waals surface area contributed by atoms with Crippen molar-refractivity contribution >= 4 is 5.96 Å². The number of rotatable bonds is 10. The number of aliphatic imine (C=N–C) groups is 1. The Morgan fingerprint density at radius 1 is 0.963 bits per heavy atom. The van der Waals surface area contributed by atoms with Crippen LogP contribution in [0.25, 0.3) is 0 Å². The normalized spacial score (nSPS) is 22.0. The Morgan fingerprint density at radius 2 is 1.67 bits per heavy atom. The number of nitrogens with zero attached hydrogens (tertiary/aromatic N) is 4. The fourth-order valence-corrected chi connectivity index (χ4v) is 3.71. The van der Waals surface area contributed by atoms with Crippen molar-refractivity contribution in [3.8, 4) is 0 Å². The zero-order chi connectivity index (χ0) is 19.3. The van der Waals surface area contributed by atoms with Crippen molar-refractivity contribution in [2.24, 2.45) is 10.9 Å². The second-order valence-corrected chi connectivity index (χ2v) is 7.79. The number of ether oxygens (including phenoxy) is 1. The van der Waals surface area contributed by atoms with Crippen LogP contribution in [0.5, 0.6) is 0 Å². The molecule has 27 heavy (non-hydrogen) atoms. The summed E-state index contributed by atoms with van der Waals surface area (Å²) in [4.78, 5) is 12.4. The molecule has 0 radical (unpaired) electrons. The summed E-state index contributed by atoms with van der Waals surface area (Å²) in [7, 11) is 0. The van der Waals surface area contributed by atoms with Gasteiger partial charge in [-0.15, -0.1) is 0 Å². The van der Waals surface area contributed by atoms with Gasteiger partial charge in [0, 0.05) is 65.4 Å². The molecule has 158 valence electrons. The van der Waals surface area contributed by atoms with Crippen molar-refractivity contribution < 1.29 is 4.74 Å². The molecule has 1 atom stereocenters. The van der Waals surface area contributed by atoms with Crippen molar-refractivity contribution in [1.29, 1.82) is 0 Å². The lowest BCUT2D eigenvalue weighted by Gasteiger charge is -2.35. The van der Waals surface area contributed by atoms with Gasteiger partial charge in [0.25, 0.3) is 0 Å². The summed E-state index contributed by atoms with van der Waals surface area (Å²) in [5.41, 5.74) is 0. The van der Waals surface area contributed by atoms with Gasteiger partial charge in [0.2, 0.25) is 0 Å². The molecule has 2 saturated heterocycles. The largest absolute Gasteiger partial charge is 0.379 e. The molecule has 0 aromatic carbocycles. The second kappa shape index (κ2) is 13.3. The van der Waals surface area contributed by atoms with E-state index in [0.717, 1.165) is 71.4 Å². The molecule has 0 saturated carbocycles. The predicted octanol–water partition coefficient (Wildman–Crippen LogP) is 0.537. The minimum Gasteiger partial charge on any atom is -0.379 e. The van der Waals surface area contributed by atoms with E-state index in [9.17, 15) is 0 Å². The Balaban J connectivity index is 1.62. The Kier molecular flexibility index (Phi) is 11.0. The zero-order valence-corrected chi connectivity index (χ0v) is 17.9. The van der Waals surface area contributed by atoms with Crippen LogP contribution >= 0.6 is 0 Å². The molecule has 2 fully saturated rings. The highest BCUT2D eigenvalue weighted by Crippen LogP contribution is 2.06. The standard InChI is InChI=1S/C20H42N6O/c1-4-21-20(22-7-6-8-25-13-15-27-16-14-25)23-17-19(3)18-26-11-9-24(5-2)10-12-26/h19H,4-18H2,1-3H3,(H2,21,22,23). The van der Waals surface area contributed by atoms with E-state index in [0.29, 0.717) is 5.92 Å². The molecular weight excluding hydrogens is 340 g/mol. The van der Waals surface area contributed by atoms with E-state index in [1.165, 1.54) is 32.7 Å². The van der Waals surface area contributed by atoms with E-state index in [2.05, 4.69) is 46.1 Å². The number of hydrogen-bond donors (Lipinski definition) is 2. The maximum absolute atomic E-state index is 5.40. The molecule has 0 aromatic rings. The first-order valence-corrected chi connectivity index (χ1v) is 11.0. The summed E-state index contributed by atoms with van der Waals surface area (Å²) in [6.07, 6.45) is 1.14. The average molecular weight is 383 g/mol. The predicted molar refractivity (Wildman–Crippen MR) is 114 cm³/mol. The van der Waals surface area contributed by atoms with Crippen molar-refractivity contribution in [1.82, 2.24) is 25.3 Å². The number of guanidine groups is 1. The first kappa shape index (κ1) is 22.4. The third kappa shape index (κ3) is 9.23. The van der Waals surface area contributed by atoms with Crippen LogP contribution in [0, 0.1) is 5.92 Å². The molecule has 2 rings (SSSR count). The number of piperazine rings is 1. The molecule has 2 aliphatic heterocycles. The average Bonchev–Trinajstić information content (AvgIpc) is 2.70. The highest BCUT2D eigenvalue weighted by molar-refractivity contribution is 5.79. The molecule has 0 aliphatic carbocycles. The van der Waals surface area contributed by atoms with Crippen molar-refractivity contribution in [3.63, 3.8) is 0 Å². The summed E-state index contributed by atoms with van der Waals surface area (Å²) in [6.45, 7) is 21.6. The zero-order valence-electron chi connectivity index (χ0n) is 17.9. The van der Waals surface area contributed by atoms with Gasteiger partial charge >= 0.3 is 0 Å². The summed E-state index contributed by atoms with van der Waals surface area (Å²) in [6, 6.07) is 0. The number of hydrogen-bond acceptors (Lipinski definition) is 5. The highest BCUT2D eigenvalue weighted by Gasteiger charge is 2.17. The minimum absolute atomic E-state index is 0.585. The molecule has 0 spiro atoms. The van der Waals surface area contributed by atoms with Gasteiger partial charge in [0.05, 0.1) is 13.2 Å². The van der Waals surface area contributed by atoms with Gasteiger partial charge in [-0.3, -0.25) is 9.89 Å². The fourth-order valence-electron chi connectivity index (χ4n) is 3.71. The molecular formula is C20H42N6O. The number of nitrogens with one attached hydrogen (secondary N) is 2. The SMILES string of the molecule is CCNC(=NCC(C)CN1CCN(CC)CC1)NCCCN1CCOCC1. The maximum Gasteiger partial charge on any atom is 0.191 e. The quantitative estimate of drug-likeness (QED) is 0.327. The Morgan fingerprint density at radius 3 is 2.33 bits per heavy atom. The summed E-state index contributed by atoms with van der Waals surface area (Å²) in [5, 5.41) is 6.87. The van der Waals surface area contributed by atoms with Crippen LogP contribution in [0.15, 0.2) is 4.99 Å². The van der Waals surface area contributed by atoms with E-state index in [1.807, 2.05) is 0 Å². The van der Waals surface area contributed by atoms with E-state index in [4.69, 9.17) is 9.73 Å². The second-order valence-electron chi connectivity index (χ2n) is 7.79. The Bertz CT molecular complexity index is 405. The highest BCUT2D eigenvalue weighted by atomic mass is 16.5. The number of likely N-dealkylation sites (N-methyl/N-ethyl adjacent to an activating group) is 1. The molecule has 0 amide bonds. The van der Waals surface area contributed by atoms with E-state index in [1.54, 1.807) is 0 Å². The molecule has 1 unspecified atom stereocenters. The number of morpholine rings is 1. The maximum atomic E-state index is 5.40. The van der Waals surface area contributed by atoms with Crippen molar-refractivity contribution in [2.75, 3.05) is 91.8 Å². The van der Waals surface area contributed by atoms with Crippen LogP contribution in [0.1, 0.15) is 27.2 Å². The topological polar surface area (TPSA) is 55.4 Å². The Hall–Kier alpha value is -0.890. The molecule has 2 aliphatic rings. The fraction of sp³-hybridized carbons (Fsp3) is 0.950. The molecule has 7 nitrogen and oxygen atoms in total. The molecule has 0 bridgehead atoms. The van der Waals surface area contributed by atoms with Gasteiger partial charge in [0.1, 0.15) is 0 Å². The van der Waals surface area contributed by atoms with Crippen LogP contribution in [0.2, 0.25) is 0 Å². The molecule has 2 N–H and O–H groups in total. The van der Waals surface area contributed by atoms with E-state index in [-0.39, 0.29) is 0 Å². The molecule has 0 aromatic heterocycles. The van der Waals surface area contributed by atoms with E-state index >= 15 is 0 Å². The summed E-state index contributed by atoms with van der Waals surface area (Å²) >= 11 is 0. The monoisotopic (exact) mass is 382 g/mol. The lowest BCUT2D eigenvalue weighted by atomic mass is 10.1. The third-order valence-corrected chi connectivity index (χ3v) is 5.43. The minimum atomic E-state index is 0.585. The van der Waals surface area contributed by atoms with Gasteiger partial charge in [-0.2, -0.15) is 0 Å². The summed E-state index contributed by atoms with van der Waals surface area (Å²) in [5.74, 6) is 1.55. The van der Waals surface area contributed by atoms with Crippen LogP contribution in [0.3, 0.4) is 0 Å². The first-order chi connectivity index (χ1) is 13.2. The third-order valence-electron chi connectivity index (χ3n) is 5.43. The van der Waals surface area contributed by atoms with Crippen LogP contribution in [0.4, 0.5) is 0 Å². The van der Waals surface area contributed by atoms with Crippen molar-refractivity contribution in [2.45, 2.75) is 27.2 Å². The van der Waals surface area contributed by atoms with Crippen LogP contribution in [-0.4, -0.2) is 112 Å². The first-order valence-electron chi connectivity index (χ1n) is 11.0. The smallest absolute Gasteiger partial charge is 0.191 e. The van der Waals surface area contributed by atoms with Crippen molar-refractivity contribution in [3.05, 3.63) is 0 Å². The van der Waals surface area contributed by atoms with Gasteiger partial charge in [0.15, 0.2) is 5.96 Å². The van der Waals surface area contributed by atoms with Gasteiger partial charge < -0.3 is 25.2 Å². The van der Waals surface area contributed by atoms with Gasteiger partial charge in [-0.05, 0) is 32.4 Å².